The summed E-state index contributed by atoms with van der Waals surface area (Å²) in [5.74, 6) is 1.67. The normalized spacial score (nSPS) is 11.2. The van der Waals surface area contributed by atoms with Gasteiger partial charge in [0, 0.05) is 24.8 Å². The highest BCUT2D eigenvalue weighted by molar-refractivity contribution is 5.22. The van der Waals surface area contributed by atoms with Gasteiger partial charge in [-0.2, -0.15) is 0 Å². The van der Waals surface area contributed by atoms with Crippen molar-refractivity contribution in [1.82, 2.24) is 10.3 Å². The minimum atomic E-state index is 0.474. The van der Waals surface area contributed by atoms with Crippen LogP contribution in [0.2, 0.25) is 0 Å². The lowest BCUT2D eigenvalue weighted by molar-refractivity contribution is 0.297. The highest BCUT2D eigenvalue weighted by atomic mass is 16.5. The summed E-state index contributed by atoms with van der Waals surface area (Å²) in [6.45, 7) is 10.3. The first-order chi connectivity index (χ1) is 8.58. The van der Waals surface area contributed by atoms with Crippen molar-refractivity contribution in [2.45, 2.75) is 53.1 Å². The maximum Gasteiger partial charge on any atom is 0.122 e. The maximum absolute atomic E-state index is 5.74. The van der Waals surface area contributed by atoms with Crippen molar-refractivity contribution >= 4 is 0 Å². The number of hydrogen-bond donors (Lipinski definition) is 1. The Hall–Kier alpha value is -1.09. The highest BCUT2D eigenvalue weighted by Crippen LogP contribution is 2.12. The van der Waals surface area contributed by atoms with Gasteiger partial charge in [-0.1, -0.05) is 27.7 Å². The van der Waals surface area contributed by atoms with Gasteiger partial charge in [0.2, 0.25) is 0 Å². The molecule has 0 amide bonds. The molecule has 1 heterocycles. The Labute approximate surface area is 111 Å². The molecule has 0 aliphatic rings. The predicted molar refractivity (Wildman–Crippen MR) is 75.8 cm³/mol. The maximum atomic E-state index is 5.74. The summed E-state index contributed by atoms with van der Waals surface area (Å²) in [7, 11) is 0. The molecule has 0 fully saturated rings. The first-order valence-corrected chi connectivity index (χ1v) is 6.89. The number of hydrogen-bond acceptors (Lipinski definition) is 3. The Morgan fingerprint density at radius 3 is 2.72 bits per heavy atom. The summed E-state index contributed by atoms with van der Waals surface area (Å²) >= 11 is 0. The van der Waals surface area contributed by atoms with Crippen molar-refractivity contribution in [3.05, 3.63) is 24.0 Å². The second kappa shape index (κ2) is 8.09. The SMILES string of the molecule is CC(C)CCCOc1ccnc(CNC(C)C)c1. The van der Waals surface area contributed by atoms with Crippen molar-refractivity contribution in [3.63, 3.8) is 0 Å². The Balaban J connectivity index is 2.34. The van der Waals surface area contributed by atoms with Crippen molar-refractivity contribution in [2.24, 2.45) is 5.92 Å². The molecule has 0 radical (unpaired) electrons. The zero-order valence-electron chi connectivity index (χ0n) is 12.1. The van der Waals surface area contributed by atoms with Gasteiger partial charge < -0.3 is 10.1 Å². The van der Waals surface area contributed by atoms with Crippen LogP contribution in [0.3, 0.4) is 0 Å². The lowest BCUT2D eigenvalue weighted by Gasteiger charge is -2.10. The lowest BCUT2D eigenvalue weighted by atomic mass is 10.1. The van der Waals surface area contributed by atoms with Crippen LogP contribution in [0.1, 0.15) is 46.2 Å². The summed E-state index contributed by atoms with van der Waals surface area (Å²) in [4.78, 5) is 4.33. The molecule has 1 aromatic rings. The fourth-order valence-corrected chi connectivity index (χ4v) is 1.63. The van der Waals surface area contributed by atoms with E-state index in [4.69, 9.17) is 4.74 Å². The van der Waals surface area contributed by atoms with Gasteiger partial charge in [0.05, 0.1) is 12.3 Å². The molecule has 0 saturated carbocycles. The Morgan fingerprint density at radius 2 is 2.06 bits per heavy atom. The fraction of sp³-hybridized carbons (Fsp3) is 0.667. The molecule has 0 aliphatic carbocycles. The third-order valence-corrected chi connectivity index (χ3v) is 2.67. The van der Waals surface area contributed by atoms with Gasteiger partial charge in [-0.3, -0.25) is 4.98 Å². The number of rotatable bonds is 8. The standard InChI is InChI=1S/C15H26N2O/c1-12(2)6-5-9-18-15-7-8-16-14(10-15)11-17-13(3)4/h7-8,10,12-13,17H,5-6,9,11H2,1-4H3. The number of pyridine rings is 1. The number of aromatic nitrogens is 1. The van der Waals surface area contributed by atoms with E-state index in [-0.39, 0.29) is 0 Å². The van der Waals surface area contributed by atoms with E-state index in [1.165, 1.54) is 6.42 Å². The van der Waals surface area contributed by atoms with Gasteiger partial charge in [0.1, 0.15) is 5.75 Å². The molecule has 3 nitrogen and oxygen atoms in total. The van der Waals surface area contributed by atoms with Crippen LogP contribution in [0, 0.1) is 5.92 Å². The van der Waals surface area contributed by atoms with Gasteiger partial charge >= 0.3 is 0 Å². The van der Waals surface area contributed by atoms with Gasteiger partial charge in [0.25, 0.3) is 0 Å². The van der Waals surface area contributed by atoms with Crippen LogP contribution in [0.15, 0.2) is 18.3 Å². The summed E-state index contributed by atoms with van der Waals surface area (Å²) in [5.41, 5.74) is 1.03. The Bertz CT molecular complexity index is 337. The van der Waals surface area contributed by atoms with E-state index < -0.39 is 0 Å². The molecule has 0 aromatic carbocycles. The van der Waals surface area contributed by atoms with E-state index in [9.17, 15) is 0 Å². The largest absolute Gasteiger partial charge is 0.493 e. The van der Waals surface area contributed by atoms with Gasteiger partial charge in [0.15, 0.2) is 0 Å². The summed E-state index contributed by atoms with van der Waals surface area (Å²) in [5, 5.41) is 3.35. The molecule has 102 valence electrons. The quantitative estimate of drug-likeness (QED) is 0.718. The molecule has 18 heavy (non-hydrogen) atoms. The Morgan fingerprint density at radius 1 is 1.28 bits per heavy atom. The lowest BCUT2D eigenvalue weighted by Crippen LogP contribution is -2.22. The van der Waals surface area contributed by atoms with E-state index in [1.54, 1.807) is 0 Å². The van der Waals surface area contributed by atoms with Gasteiger partial charge in [-0.05, 0) is 24.8 Å². The molecule has 0 aliphatic heterocycles. The fourth-order valence-electron chi connectivity index (χ4n) is 1.63. The molecule has 0 unspecified atom stereocenters. The van der Waals surface area contributed by atoms with Crippen LogP contribution in [-0.2, 0) is 6.54 Å². The van der Waals surface area contributed by atoms with Crippen molar-refractivity contribution in [3.8, 4) is 5.75 Å². The van der Waals surface area contributed by atoms with Crippen LogP contribution in [0.4, 0.5) is 0 Å². The second-order valence-electron chi connectivity index (χ2n) is 5.40. The third-order valence-electron chi connectivity index (χ3n) is 2.67. The van der Waals surface area contributed by atoms with Crippen molar-refractivity contribution in [1.29, 1.82) is 0 Å². The van der Waals surface area contributed by atoms with Gasteiger partial charge in [-0.15, -0.1) is 0 Å². The van der Waals surface area contributed by atoms with Crippen LogP contribution in [0.25, 0.3) is 0 Å². The minimum absolute atomic E-state index is 0.474. The molecular weight excluding hydrogens is 224 g/mol. The summed E-state index contributed by atoms with van der Waals surface area (Å²) < 4.78 is 5.74. The topological polar surface area (TPSA) is 34.1 Å². The number of nitrogens with one attached hydrogen (secondary N) is 1. The summed E-state index contributed by atoms with van der Waals surface area (Å²) in [6, 6.07) is 4.42. The molecule has 1 rings (SSSR count). The second-order valence-corrected chi connectivity index (χ2v) is 5.40. The Kier molecular flexibility index (Phi) is 6.73. The number of nitrogens with zero attached hydrogens (tertiary/aromatic N) is 1. The zero-order chi connectivity index (χ0) is 13.4. The van der Waals surface area contributed by atoms with Crippen molar-refractivity contribution in [2.75, 3.05) is 6.61 Å². The zero-order valence-corrected chi connectivity index (χ0v) is 12.1. The average Bonchev–Trinajstić information content (AvgIpc) is 2.32. The van der Waals surface area contributed by atoms with Gasteiger partial charge in [-0.25, -0.2) is 0 Å². The smallest absolute Gasteiger partial charge is 0.122 e. The monoisotopic (exact) mass is 250 g/mol. The molecule has 1 N–H and O–H groups in total. The first-order valence-electron chi connectivity index (χ1n) is 6.89. The molecule has 3 heteroatoms. The molecule has 0 atom stereocenters. The first kappa shape index (κ1) is 15.0. The molecule has 1 aromatic heterocycles. The van der Waals surface area contributed by atoms with Crippen LogP contribution in [-0.4, -0.2) is 17.6 Å². The molecular formula is C15H26N2O. The molecule has 0 bridgehead atoms. The third kappa shape index (κ3) is 6.60. The minimum Gasteiger partial charge on any atom is -0.493 e. The van der Waals surface area contributed by atoms with E-state index >= 15 is 0 Å². The van der Waals surface area contributed by atoms with E-state index in [1.807, 2.05) is 18.3 Å². The molecule has 0 saturated heterocycles. The molecule has 0 spiro atoms. The number of ether oxygens (including phenoxy) is 1. The average molecular weight is 250 g/mol. The highest BCUT2D eigenvalue weighted by Gasteiger charge is 2.00. The summed E-state index contributed by atoms with van der Waals surface area (Å²) in [6.07, 6.45) is 4.14. The van der Waals surface area contributed by atoms with Crippen LogP contribution < -0.4 is 10.1 Å². The van der Waals surface area contributed by atoms with E-state index in [0.717, 1.165) is 36.9 Å². The predicted octanol–water partition coefficient (Wildman–Crippen LogP) is 3.39. The van der Waals surface area contributed by atoms with Crippen molar-refractivity contribution < 1.29 is 4.74 Å². The van der Waals surface area contributed by atoms with E-state index in [0.29, 0.717) is 6.04 Å². The van der Waals surface area contributed by atoms with E-state index in [2.05, 4.69) is 38.0 Å². The van der Waals surface area contributed by atoms with Crippen LogP contribution >= 0.6 is 0 Å². The van der Waals surface area contributed by atoms with Crippen LogP contribution in [0.5, 0.6) is 5.75 Å².